The first-order chi connectivity index (χ1) is 15.1. The molecular weight excluding hydrogens is 384 g/mol. The number of pyridine rings is 1. The zero-order chi connectivity index (χ0) is 21.6. The van der Waals surface area contributed by atoms with Gasteiger partial charge in [0.05, 0.1) is 18.2 Å². The molecule has 2 aromatic rings. The van der Waals surface area contributed by atoms with E-state index in [1.807, 2.05) is 18.2 Å². The predicted molar refractivity (Wildman–Crippen MR) is 125 cm³/mol. The largest absolute Gasteiger partial charge is 0.350 e. The van der Waals surface area contributed by atoms with E-state index in [1.54, 1.807) is 6.20 Å². The Morgan fingerprint density at radius 3 is 2.71 bits per heavy atom. The van der Waals surface area contributed by atoms with Crippen LogP contribution in [0.4, 0.5) is 0 Å². The number of nitrogens with one attached hydrogen (secondary N) is 1. The van der Waals surface area contributed by atoms with Crippen LogP contribution in [-0.4, -0.2) is 52.9 Å². The molecule has 1 amide bonds. The van der Waals surface area contributed by atoms with Gasteiger partial charge >= 0.3 is 0 Å². The molecule has 0 unspecified atom stereocenters. The Bertz CT molecular complexity index is 861. The number of aryl methyl sites for hydroxylation is 2. The SMILES string of the molecule is Cc1ccc(C)c(CN2CCC(N3CCC[C@@H](C(=O)NCc4ccccn4)C3)CC2)c1. The molecule has 5 heteroatoms. The monoisotopic (exact) mass is 420 g/mol. The summed E-state index contributed by atoms with van der Waals surface area (Å²) in [5.74, 6) is 0.285. The van der Waals surface area contributed by atoms with Crippen molar-refractivity contribution in [3.05, 3.63) is 65.0 Å². The van der Waals surface area contributed by atoms with Gasteiger partial charge in [-0.25, -0.2) is 0 Å². The van der Waals surface area contributed by atoms with Crippen LogP contribution in [0.5, 0.6) is 0 Å². The van der Waals surface area contributed by atoms with Gasteiger partial charge in [0, 0.05) is 25.3 Å². The van der Waals surface area contributed by atoms with Crippen LogP contribution in [0.1, 0.15) is 48.1 Å². The van der Waals surface area contributed by atoms with Gasteiger partial charge in [-0.15, -0.1) is 0 Å². The second-order valence-corrected chi connectivity index (χ2v) is 9.31. The third-order valence-corrected chi connectivity index (χ3v) is 6.97. The Morgan fingerprint density at radius 2 is 1.94 bits per heavy atom. The van der Waals surface area contributed by atoms with Crippen LogP contribution in [0.3, 0.4) is 0 Å². The van der Waals surface area contributed by atoms with Gasteiger partial charge in [-0.3, -0.25) is 19.6 Å². The molecule has 3 heterocycles. The second-order valence-electron chi connectivity index (χ2n) is 9.31. The first kappa shape index (κ1) is 22.0. The van der Waals surface area contributed by atoms with Crippen molar-refractivity contribution in [2.75, 3.05) is 26.2 Å². The Kier molecular flexibility index (Phi) is 7.36. The molecule has 1 atom stereocenters. The fourth-order valence-electron chi connectivity index (χ4n) is 5.03. The highest BCUT2D eigenvalue weighted by molar-refractivity contribution is 5.78. The van der Waals surface area contributed by atoms with Crippen LogP contribution in [0.15, 0.2) is 42.6 Å². The van der Waals surface area contributed by atoms with E-state index in [-0.39, 0.29) is 11.8 Å². The molecule has 2 saturated heterocycles. The van der Waals surface area contributed by atoms with Gasteiger partial charge in [-0.05, 0) is 82.4 Å². The van der Waals surface area contributed by atoms with E-state index in [1.165, 1.54) is 29.5 Å². The third-order valence-electron chi connectivity index (χ3n) is 6.97. The van der Waals surface area contributed by atoms with Crippen molar-refractivity contribution in [3.8, 4) is 0 Å². The van der Waals surface area contributed by atoms with Crippen LogP contribution in [0, 0.1) is 19.8 Å². The molecule has 1 N–H and O–H groups in total. The number of nitrogens with zero attached hydrogens (tertiary/aromatic N) is 3. The van der Waals surface area contributed by atoms with E-state index in [2.05, 4.69) is 52.1 Å². The molecule has 1 aromatic carbocycles. The average Bonchev–Trinajstić information content (AvgIpc) is 2.81. The van der Waals surface area contributed by atoms with Crippen molar-refractivity contribution in [1.82, 2.24) is 20.1 Å². The summed E-state index contributed by atoms with van der Waals surface area (Å²) in [7, 11) is 0. The van der Waals surface area contributed by atoms with Crippen molar-refractivity contribution >= 4 is 5.91 Å². The van der Waals surface area contributed by atoms with Crippen molar-refractivity contribution in [1.29, 1.82) is 0 Å². The Morgan fingerprint density at radius 1 is 1.10 bits per heavy atom. The van der Waals surface area contributed by atoms with Crippen LogP contribution >= 0.6 is 0 Å². The number of likely N-dealkylation sites (tertiary alicyclic amines) is 2. The summed E-state index contributed by atoms with van der Waals surface area (Å²) in [4.78, 5) is 22.2. The summed E-state index contributed by atoms with van der Waals surface area (Å²) in [5.41, 5.74) is 5.11. The fourth-order valence-corrected chi connectivity index (χ4v) is 5.03. The summed E-state index contributed by atoms with van der Waals surface area (Å²) in [5, 5.41) is 3.10. The molecule has 4 rings (SSSR count). The maximum Gasteiger partial charge on any atom is 0.224 e. The van der Waals surface area contributed by atoms with Crippen LogP contribution < -0.4 is 5.32 Å². The summed E-state index contributed by atoms with van der Waals surface area (Å²) in [6.07, 6.45) is 6.29. The minimum absolute atomic E-state index is 0.102. The number of carbonyl (C=O) groups excluding carboxylic acids is 1. The van der Waals surface area contributed by atoms with E-state index in [0.29, 0.717) is 12.6 Å². The number of carbonyl (C=O) groups is 1. The van der Waals surface area contributed by atoms with Crippen molar-refractivity contribution < 1.29 is 4.79 Å². The third kappa shape index (κ3) is 5.92. The maximum absolute atomic E-state index is 12.7. The van der Waals surface area contributed by atoms with E-state index in [9.17, 15) is 4.79 Å². The number of benzene rings is 1. The quantitative estimate of drug-likeness (QED) is 0.774. The van der Waals surface area contributed by atoms with Crippen molar-refractivity contribution in [2.45, 2.75) is 58.7 Å². The molecule has 5 nitrogen and oxygen atoms in total. The lowest BCUT2D eigenvalue weighted by atomic mass is 9.93. The van der Waals surface area contributed by atoms with Gasteiger partial charge in [-0.1, -0.05) is 29.8 Å². The van der Waals surface area contributed by atoms with Crippen LogP contribution in [-0.2, 0) is 17.9 Å². The molecule has 166 valence electrons. The summed E-state index contributed by atoms with van der Waals surface area (Å²) in [6, 6.07) is 13.2. The topological polar surface area (TPSA) is 48.5 Å². The van der Waals surface area contributed by atoms with Gasteiger partial charge in [0.25, 0.3) is 0 Å². The van der Waals surface area contributed by atoms with Crippen molar-refractivity contribution in [3.63, 3.8) is 0 Å². The zero-order valence-corrected chi connectivity index (χ0v) is 19.0. The van der Waals surface area contributed by atoms with E-state index in [4.69, 9.17) is 0 Å². The summed E-state index contributed by atoms with van der Waals surface area (Å²) >= 11 is 0. The Labute approximate surface area is 186 Å². The lowest BCUT2D eigenvalue weighted by Crippen LogP contribution is -2.50. The number of aromatic nitrogens is 1. The lowest BCUT2D eigenvalue weighted by Gasteiger charge is -2.42. The normalized spacial score (nSPS) is 21.2. The Balaban J connectivity index is 1.24. The van der Waals surface area contributed by atoms with Gasteiger partial charge in [0.15, 0.2) is 0 Å². The highest BCUT2D eigenvalue weighted by atomic mass is 16.1. The number of hydrogen-bond donors (Lipinski definition) is 1. The zero-order valence-electron chi connectivity index (χ0n) is 19.0. The summed E-state index contributed by atoms with van der Waals surface area (Å²) < 4.78 is 0. The van der Waals surface area contributed by atoms with E-state index < -0.39 is 0 Å². The van der Waals surface area contributed by atoms with E-state index in [0.717, 1.165) is 51.3 Å². The maximum atomic E-state index is 12.7. The highest BCUT2D eigenvalue weighted by Gasteiger charge is 2.31. The fraction of sp³-hybridized carbons (Fsp3) is 0.538. The first-order valence-electron chi connectivity index (χ1n) is 11.8. The molecule has 0 spiro atoms. The number of amides is 1. The van der Waals surface area contributed by atoms with Gasteiger partial charge in [0.2, 0.25) is 5.91 Å². The van der Waals surface area contributed by atoms with Gasteiger partial charge in [0.1, 0.15) is 0 Å². The average molecular weight is 421 g/mol. The first-order valence-corrected chi connectivity index (χ1v) is 11.8. The van der Waals surface area contributed by atoms with E-state index >= 15 is 0 Å². The smallest absolute Gasteiger partial charge is 0.224 e. The molecule has 2 aliphatic rings. The number of hydrogen-bond acceptors (Lipinski definition) is 4. The number of rotatable bonds is 6. The van der Waals surface area contributed by atoms with Crippen LogP contribution in [0.2, 0.25) is 0 Å². The molecule has 0 bridgehead atoms. The molecule has 0 aliphatic carbocycles. The van der Waals surface area contributed by atoms with Crippen LogP contribution in [0.25, 0.3) is 0 Å². The highest BCUT2D eigenvalue weighted by Crippen LogP contribution is 2.25. The molecule has 31 heavy (non-hydrogen) atoms. The standard InChI is InChI=1S/C26H36N4O/c1-20-8-9-21(2)23(16-20)18-29-14-10-25(11-15-29)30-13-5-6-22(19-30)26(31)28-17-24-7-3-4-12-27-24/h3-4,7-9,12,16,22,25H,5-6,10-11,13-15,17-19H2,1-2H3,(H,28,31)/t22-/m1/s1. The molecule has 2 fully saturated rings. The summed E-state index contributed by atoms with van der Waals surface area (Å²) in [6.45, 7) is 10.3. The molecule has 1 aromatic heterocycles. The van der Waals surface area contributed by atoms with Crippen molar-refractivity contribution in [2.24, 2.45) is 5.92 Å². The lowest BCUT2D eigenvalue weighted by molar-refractivity contribution is -0.127. The minimum Gasteiger partial charge on any atom is -0.350 e. The Hall–Kier alpha value is -2.24. The molecule has 0 saturated carbocycles. The predicted octanol–water partition coefficient (Wildman–Crippen LogP) is 3.69. The molecule has 0 radical (unpaired) electrons. The second kappa shape index (κ2) is 10.4. The molecular formula is C26H36N4O. The van der Waals surface area contributed by atoms with Gasteiger partial charge < -0.3 is 5.32 Å². The minimum atomic E-state index is 0.102. The molecule has 2 aliphatic heterocycles. The number of piperidine rings is 2. The van der Waals surface area contributed by atoms with Gasteiger partial charge in [-0.2, -0.15) is 0 Å².